The fraction of sp³-hybridized carbons (Fsp3) is 0.208. The van der Waals surface area contributed by atoms with Crippen molar-refractivity contribution in [1.82, 2.24) is 19.4 Å². The van der Waals surface area contributed by atoms with Crippen molar-refractivity contribution in [2.24, 2.45) is 0 Å². The molecule has 0 aliphatic carbocycles. The summed E-state index contributed by atoms with van der Waals surface area (Å²) in [5.74, 6) is 0.175. The standard InChI is InChI=1S/C24H22N4O2S/c29-22(17-14-20(25-15-17)23(30)27-12-6-7-13-27)16-31-24-26-19-10-4-5-11-21(19)28(24)18-8-2-1-3-9-18/h1-5,8-11,14-15,25H,6-7,12-13,16H2. The molecule has 1 fully saturated rings. The van der Waals surface area contributed by atoms with Gasteiger partial charge in [-0.05, 0) is 43.2 Å². The average molecular weight is 431 g/mol. The number of amides is 1. The zero-order chi connectivity index (χ0) is 21.2. The van der Waals surface area contributed by atoms with Gasteiger partial charge in [0, 0.05) is 30.5 Å². The molecule has 0 atom stereocenters. The number of ketones is 1. The van der Waals surface area contributed by atoms with Gasteiger partial charge in [-0.2, -0.15) is 0 Å². The third-order valence-electron chi connectivity index (χ3n) is 5.51. The van der Waals surface area contributed by atoms with E-state index in [0.717, 1.165) is 47.8 Å². The number of thioether (sulfide) groups is 1. The van der Waals surface area contributed by atoms with Crippen LogP contribution in [0.15, 0.2) is 72.0 Å². The first kappa shape index (κ1) is 19.6. The Kier molecular flexibility index (Phi) is 5.34. The number of aromatic nitrogens is 3. The summed E-state index contributed by atoms with van der Waals surface area (Å²) in [7, 11) is 0. The number of nitrogens with zero attached hydrogens (tertiary/aromatic N) is 3. The predicted molar refractivity (Wildman–Crippen MR) is 122 cm³/mol. The summed E-state index contributed by atoms with van der Waals surface area (Å²) in [5.41, 5.74) is 3.90. The fourth-order valence-corrected chi connectivity index (χ4v) is 4.83. The minimum atomic E-state index is -0.0339. The maximum absolute atomic E-state index is 12.8. The molecule has 1 N–H and O–H groups in total. The lowest BCUT2D eigenvalue weighted by molar-refractivity contribution is 0.0787. The Morgan fingerprint density at radius 3 is 2.55 bits per heavy atom. The summed E-state index contributed by atoms with van der Waals surface area (Å²) >= 11 is 1.41. The van der Waals surface area contributed by atoms with Crippen LogP contribution >= 0.6 is 11.8 Å². The second-order valence-corrected chi connectivity index (χ2v) is 8.51. The molecule has 4 aromatic rings. The van der Waals surface area contributed by atoms with Gasteiger partial charge < -0.3 is 9.88 Å². The number of carbonyl (C=O) groups excluding carboxylic acids is 2. The van der Waals surface area contributed by atoms with E-state index < -0.39 is 0 Å². The van der Waals surface area contributed by atoms with Gasteiger partial charge in [-0.3, -0.25) is 14.2 Å². The van der Waals surface area contributed by atoms with E-state index in [1.165, 1.54) is 11.8 Å². The van der Waals surface area contributed by atoms with Gasteiger partial charge in [0.05, 0.1) is 16.8 Å². The lowest BCUT2D eigenvalue weighted by atomic mass is 10.2. The first-order chi connectivity index (χ1) is 15.2. The SMILES string of the molecule is O=C(CSc1nc2ccccc2n1-c1ccccc1)c1c[nH]c(C(=O)N2CCCC2)c1. The predicted octanol–water partition coefficient (Wildman–Crippen LogP) is 4.56. The molecule has 0 radical (unpaired) electrons. The lowest BCUT2D eigenvalue weighted by Crippen LogP contribution is -2.27. The Balaban J connectivity index is 1.36. The van der Waals surface area contributed by atoms with Gasteiger partial charge in [0.1, 0.15) is 5.69 Å². The molecule has 0 saturated carbocycles. The number of H-pyrrole nitrogens is 1. The number of hydrogen-bond donors (Lipinski definition) is 1. The zero-order valence-electron chi connectivity index (χ0n) is 17.0. The number of imidazole rings is 1. The van der Waals surface area contributed by atoms with Crippen molar-refractivity contribution in [2.75, 3.05) is 18.8 Å². The molecule has 6 nitrogen and oxygen atoms in total. The van der Waals surface area contributed by atoms with E-state index in [4.69, 9.17) is 4.98 Å². The van der Waals surface area contributed by atoms with E-state index in [9.17, 15) is 9.59 Å². The lowest BCUT2D eigenvalue weighted by Gasteiger charge is -2.13. The molecule has 0 spiro atoms. The second-order valence-electron chi connectivity index (χ2n) is 7.57. The smallest absolute Gasteiger partial charge is 0.270 e. The number of likely N-dealkylation sites (tertiary alicyclic amines) is 1. The van der Waals surface area contributed by atoms with Crippen LogP contribution in [0.1, 0.15) is 33.7 Å². The van der Waals surface area contributed by atoms with E-state index in [0.29, 0.717) is 11.3 Å². The topological polar surface area (TPSA) is 71.0 Å². The van der Waals surface area contributed by atoms with Gasteiger partial charge in [0.15, 0.2) is 10.9 Å². The molecule has 1 aliphatic heterocycles. The van der Waals surface area contributed by atoms with Crippen LogP contribution in [0.2, 0.25) is 0 Å². The molecule has 1 amide bonds. The van der Waals surface area contributed by atoms with Crippen LogP contribution in [0.5, 0.6) is 0 Å². The van der Waals surface area contributed by atoms with E-state index in [-0.39, 0.29) is 17.4 Å². The maximum atomic E-state index is 12.8. The van der Waals surface area contributed by atoms with Crippen LogP contribution in [0.25, 0.3) is 16.7 Å². The number of rotatable bonds is 6. The van der Waals surface area contributed by atoms with Crippen molar-refractivity contribution >= 4 is 34.5 Å². The summed E-state index contributed by atoms with van der Waals surface area (Å²) in [6.45, 7) is 1.57. The molecule has 5 rings (SSSR count). The van der Waals surface area contributed by atoms with Gasteiger partial charge in [-0.1, -0.05) is 42.1 Å². The zero-order valence-corrected chi connectivity index (χ0v) is 17.8. The number of hydrogen-bond acceptors (Lipinski definition) is 4. The highest BCUT2D eigenvalue weighted by molar-refractivity contribution is 7.99. The van der Waals surface area contributed by atoms with Crippen molar-refractivity contribution in [3.05, 3.63) is 78.1 Å². The number of carbonyl (C=O) groups is 2. The summed E-state index contributed by atoms with van der Waals surface area (Å²) in [6, 6.07) is 19.6. The molecule has 2 aromatic heterocycles. The van der Waals surface area contributed by atoms with Crippen molar-refractivity contribution in [2.45, 2.75) is 18.0 Å². The van der Waals surface area contributed by atoms with Crippen LogP contribution in [0, 0.1) is 0 Å². The van der Waals surface area contributed by atoms with Gasteiger partial charge in [0.25, 0.3) is 5.91 Å². The quantitative estimate of drug-likeness (QED) is 0.359. The number of fused-ring (bicyclic) bond motifs is 1. The highest BCUT2D eigenvalue weighted by atomic mass is 32.2. The molecule has 0 unspecified atom stereocenters. The molecule has 2 aromatic carbocycles. The molecule has 3 heterocycles. The van der Waals surface area contributed by atoms with Gasteiger partial charge in [-0.15, -0.1) is 0 Å². The van der Waals surface area contributed by atoms with E-state index in [1.807, 2.05) is 59.5 Å². The summed E-state index contributed by atoms with van der Waals surface area (Å²) < 4.78 is 2.08. The van der Waals surface area contributed by atoms with Gasteiger partial charge in [0.2, 0.25) is 0 Å². The number of benzene rings is 2. The highest BCUT2D eigenvalue weighted by Crippen LogP contribution is 2.28. The molecule has 0 bridgehead atoms. The Morgan fingerprint density at radius 1 is 1.00 bits per heavy atom. The minimum Gasteiger partial charge on any atom is -0.356 e. The van der Waals surface area contributed by atoms with E-state index >= 15 is 0 Å². The van der Waals surface area contributed by atoms with Crippen molar-refractivity contribution in [3.8, 4) is 5.69 Å². The second kappa shape index (κ2) is 8.43. The van der Waals surface area contributed by atoms with E-state index in [2.05, 4.69) is 9.55 Å². The van der Waals surface area contributed by atoms with Crippen molar-refractivity contribution in [3.63, 3.8) is 0 Å². The monoisotopic (exact) mass is 430 g/mol. The minimum absolute atomic E-state index is 0.0323. The van der Waals surface area contributed by atoms with Crippen molar-refractivity contribution < 1.29 is 9.59 Å². The number of Topliss-reactive ketones (excluding diaryl/α,β-unsaturated/α-hetero) is 1. The molecule has 31 heavy (non-hydrogen) atoms. The molecular weight excluding hydrogens is 408 g/mol. The number of para-hydroxylation sites is 3. The molecule has 1 saturated heterocycles. The molecule has 1 aliphatic rings. The Bertz CT molecular complexity index is 1240. The largest absolute Gasteiger partial charge is 0.356 e. The summed E-state index contributed by atoms with van der Waals surface area (Å²) in [6.07, 6.45) is 3.71. The summed E-state index contributed by atoms with van der Waals surface area (Å²) in [4.78, 5) is 34.9. The van der Waals surface area contributed by atoms with E-state index in [1.54, 1.807) is 12.3 Å². The summed E-state index contributed by atoms with van der Waals surface area (Å²) in [5, 5.41) is 0.768. The Labute approximate surface area is 184 Å². The highest BCUT2D eigenvalue weighted by Gasteiger charge is 2.22. The van der Waals surface area contributed by atoms with Gasteiger partial charge >= 0.3 is 0 Å². The molecule has 156 valence electrons. The van der Waals surface area contributed by atoms with Crippen LogP contribution in [0.4, 0.5) is 0 Å². The van der Waals surface area contributed by atoms with Crippen LogP contribution < -0.4 is 0 Å². The fourth-order valence-electron chi connectivity index (χ4n) is 3.91. The normalized spacial score (nSPS) is 13.7. The first-order valence-electron chi connectivity index (χ1n) is 10.4. The Morgan fingerprint density at radius 2 is 1.74 bits per heavy atom. The van der Waals surface area contributed by atoms with Crippen LogP contribution in [-0.2, 0) is 0 Å². The first-order valence-corrected chi connectivity index (χ1v) is 11.4. The number of nitrogens with one attached hydrogen (secondary N) is 1. The molecule has 7 heteroatoms. The third kappa shape index (κ3) is 3.88. The van der Waals surface area contributed by atoms with Crippen LogP contribution in [-0.4, -0.2) is 50.0 Å². The van der Waals surface area contributed by atoms with Gasteiger partial charge in [-0.25, -0.2) is 4.98 Å². The third-order valence-corrected chi connectivity index (χ3v) is 6.44. The Hall–Kier alpha value is -3.32. The van der Waals surface area contributed by atoms with Crippen LogP contribution in [0.3, 0.4) is 0 Å². The molecular formula is C24H22N4O2S. The van der Waals surface area contributed by atoms with Crippen molar-refractivity contribution in [1.29, 1.82) is 0 Å². The maximum Gasteiger partial charge on any atom is 0.270 e. The number of aromatic amines is 1. The average Bonchev–Trinajstić information content (AvgIpc) is 3.57.